The zero-order valence-electron chi connectivity index (χ0n) is 10.0. The minimum atomic E-state index is -0.287. The first-order chi connectivity index (χ1) is 7.03. The van der Waals surface area contributed by atoms with E-state index in [1.165, 1.54) is 19.3 Å². The monoisotopic (exact) mass is 210 g/mol. The predicted molar refractivity (Wildman–Crippen MR) is 61.3 cm³/mol. The van der Waals surface area contributed by atoms with Crippen LogP contribution in [0.15, 0.2) is 0 Å². The van der Waals surface area contributed by atoms with Crippen molar-refractivity contribution in [2.24, 2.45) is 11.3 Å². The fraction of sp³-hybridized carbons (Fsp3) is 0.846. The number of hydrogen-bond acceptors (Lipinski definition) is 2. The van der Waals surface area contributed by atoms with Crippen LogP contribution in [0.25, 0.3) is 0 Å². The Balaban J connectivity index is 2.57. The van der Waals surface area contributed by atoms with Crippen LogP contribution in [0.4, 0.5) is 0 Å². The van der Waals surface area contributed by atoms with Gasteiger partial charge in [-0.1, -0.05) is 31.1 Å². The van der Waals surface area contributed by atoms with Crippen molar-refractivity contribution in [3.8, 4) is 11.8 Å². The van der Waals surface area contributed by atoms with Crippen LogP contribution < -0.4 is 0 Å². The Morgan fingerprint density at radius 3 is 2.27 bits per heavy atom. The highest BCUT2D eigenvalue weighted by Crippen LogP contribution is 2.27. The van der Waals surface area contributed by atoms with E-state index in [1.54, 1.807) is 0 Å². The highest BCUT2D eigenvalue weighted by molar-refractivity contribution is 5.12. The maximum Gasteiger partial charge on any atom is 0.156 e. The molecule has 2 nitrogen and oxygen atoms in total. The molecule has 0 spiro atoms. The first-order valence-electron chi connectivity index (χ1n) is 5.86. The molecule has 1 fully saturated rings. The van der Waals surface area contributed by atoms with Crippen molar-refractivity contribution >= 4 is 0 Å². The van der Waals surface area contributed by atoms with Crippen LogP contribution in [-0.4, -0.2) is 11.4 Å². The molecule has 1 N–H and O–H groups in total. The molecule has 0 aromatic carbocycles. The second-order valence-electron chi connectivity index (χ2n) is 5.44. The summed E-state index contributed by atoms with van der Waals surface area (Å²) in [6.07, 6.45) is 5.75. The normalized spacial score (nSPS) is 20.5. The molecule has 0 radical (unpaired) electrons. The van der Waals surface area contributed by atoms with Gasteiger partial charge in [-0.05, 0) is 39.5 Å². The molecule has 1 atom stereocenters. The molecule has 15 heavy (non-hydrogen) atoms. The van der Waals surface area contributed by atoms with Gasteiger partial charge in [-0.3, -0.25) is 5.26 Å². The fourth-order valence-electron chi connectivity index (χ4n) is 1.95. The zero-order valence-corrected chi connectivity index (χ0v) is 10.0. The molecule has 1 aliphatic carbocycles. The van der Waals surface area contributed by atoms with Crippen molar-refractivity contribution < 1.29 is 10.1 Å². The largest absolute Gasteiger partial charge is 0.251 e. The fourth-order valence-corrected chi connectivity index (χ4v) is 1.95. The third-order valence-electron chi connectivity index (χ3n) is 2.78. The molecule has 1 unspecified atom stereocenters. The highest BCUT2D eigenvalue weighted by atomic mass is 17.1. The van der Waals surface area contributed by atoms with E-state index >= 15 is 0 Å². The molecule has 0 aromatic heterocycles. The molecular weight excluding hydrogens is 188 g/mol. The quantitative estimate of drug-likeness (QED) is 0.429. The molecule has 1 rings (SSSR count). The second kappa shape index (κ2) is 5.53. The standard InChI is InChI=1S/C13H22O2/c1-13(2,3)10-9-12(15-14)11-7-5-4-6-8-11/h11-12,14H,4-8H2,1-3H3. The van der Waals surface area contributed by atoms with Crippen molar-refractivity contribution in [1.82, 2.24) is 0 Å². The summed E-state index contributed by atoms with van der Waals surface area (Å²) in [7, 11) is 0. The summed E-state index contributed by atoms with van der Waals surface area (Å²) >= 11 is 0. The Labute approximate surface area is 92.9 Å². The van der Waals surface area contributed by atoms with E-state index in [2.05, 4.69) is 37.5 Å². The second-order valence-corrected chi connectivity index (χ2v) is 5.44. The molecular formula is C13H22O2. The molecule has 0 amide bonds. The molecule has 0 heterocycles. The summed E-state index contributed by atoms with van der Waals surface area (Å²) in [5.74, 6) is 6.61. The average Bonchev–Trinajstić information content (AvgIpc) is 2.19. The smallest absolute Gasteiger partial charge is 0.156 e. The van der Waals surface area contributed by atoms with Crippen LogP contribution in [0.3, 0.4) is 0 Å². The molecule has 0 aliphatic heterocycles. The summed E-state index contributed by atoms with van der Waals surface area (Å²) in [6, 6.07) is 0. The first-order valence-corrected chi connectivity index (χ1v) is 5.86. The first kappa shape index (κ1) is 12.5. The molecule has 1 saturated carbocycles. The van der Waals surface area contributed by atoms with Gasteiger partial charge in [-0.2, -0.15) is 0 Å². The van der Waals surface area contributed by atoms with Gasteiger partial charge in [0.15, 0.2) is 6.10 Å². The predicted octanol–water partition coefficient (Wildman–Crippen LogP) is 3.47. The van der Waals surface area contributed by atoms with E-state index in [9.17, 15) is 0 Å². The molecule has 2 heteroatoms. The van der Waals surface area contributed by atoms with Crippen molar-refractivity contribution in [2.75, 3.05) is 0 Å². The lowest BCUT2D eigenvalue weighted by Crippen LogP contribution is -2.24. The maximum atomic E-state index is 8.87. The van der Waals surface area contributed by atoms with Gasteiger partial charge in [0.25, 0.3) is 0 Å². The van der Waals surface area contributed by atoms with Crippen molar-refractivity contribution in [2.45, 2.75) is 59.0 Å². The van der Waals surface area contributed by atoms with E-state index < -0.39 is 0 Å². The van der Waals surface area contributed by atoms with Gasteiger partial charge in [0.2, 0.25) is 0 Å². The number of rotatable bonds is 2. The zero-order chi connectivity index (χ0) is 11.3. The summed E-state index contributed by atoms with van der Waals surface area (Å²) in [4.78, 5) is 4.51. The molecule has 0 aromatic rings. The van der Waals surface area contributed by atoms with Crippen LogP contribution in [0.2, 0.25) is 0 Å². The average molecular weight is 210 g/mol. The topological polar surface area (TPSA) is 29.5 Å². The van der Waals surface area contributed by atoms with E-state index in [0.29, 0.717) is 5.92 Å². The number of hydrogen-bond donors (Lipinski definition) is 1. The van der Waals surface area contributed by atoms with Gasteiger partial charge in [0, 0.05) is 5.41 Å². The highest BCUT2D eigenvalue weighted by Gasteiger charge is 2.23. The Morgan fingerprint density at radius 1 is 1.20 bits per heavy atom. The van der Waals surface area contributed by atoms with E-state index in [0.717, 1.165) is 12.8 Å². The van der Waals surface area contributed by atoms with Crippen molar-refractivity contribution in [3.05, 3.63) is 0 Å². The van der Waals surface area contributed by atoms with Gasteiger partial charge in [-0.25, -0.2) is 4.89 Å². The van der Waals surface area contributed by atoms with Crippen LogP contribution in [-0.2, 0) is 4.89 Å². The van der Waals surface area contributed by atoms with Crippen molar-refractivity contribution in [3.63, 3.8) is 0 Å². The lowest BCUT2D eigenvalue weighted by Gasteiger charge is -2.24. The van der Waals surface area contributed by atoms with Crippen LogP contribution >= 0.6 is 0 Å². The third kappa shape index (κ3) is 4.68. The van der Waals surface area contributed by atoms with Gasteiger partial charge in [0.1, 0.15) is 0 Å². The molecule has 86 valence electrons. The van der Waals surface area contributed by atoms with Crippen LogP contribution in [0.5, 0.6) is 0 Å². The van der Waals surface area contributed by atoms with Gasteiger partial charge in [0.05, 0.1) is 0 Å². The minimum Gasteiger partial charge on any atom is -0.251 e. The molecule has 1 aliphatic rings. The Hall–Kier alpha value is -0.520. The van der Waals surface area contributed by atoms with Gasteiger partial charge < -0.3 is 0 Å². The summed E-state index contributed by atoms with van der Waals surface area (Å²) < 4.78 is 0. The summed E-state index contributed by atoms with van der Waals surface area (Å²) in [5.41, 5.74) is -0.0224. The maximum absolute atomic E-state index is 8.87. The molecule has 0 bridgehead atoms. The third-order valence-corrected chi connectivity index (χ3v) is 2.78. The minimum absolute atomic E-state index is 0.0224. The summed E-state index contributed by atoms with van der Waals surface area (Å²) in [6.45, 7) is 6.19. The van der Waals surface area contributed by atoms with E-state index in [4.69, 9.17) is 5.26 Å². The van der Waals surface area contributed by atoms with Crippen molar-refractivity contribution in [1.29, 1.82) is 0 Å². The van der Waals surface area contributed by atoms with Gasteiger partial charge >= 0.3 is 0 Å². The Morgan fingerprint density at radius 2 is 1.80 bits per heavy atom. The lowest BCUT2D eigenvalue weighted by atomic mass is 9.85. The van der Waals surface area contributed by atoms with E-state index in [1.807, 2.05) is 0 Å². The van der Waals surface area contributed by atoms with Gasteiger partial charge in [-0.15, -0.1) is 0 Å². The van der Waals surface area contributed by atoms with Crippen LogP contribution in [0, 0.1) is 23.2 Å². The SMILES string of the molecule is CC(C)(C)C#CC(OO)C1CCCCC1. The summed E-state index contributed by atoms with van der Waals surface area (Å²) in [5, 5.41) is 8.87. The lowest BCUT2D eigenvalue weighted by molar-refractivity contribution is -0.275. The van der Waals surface area contributed by atoms with Crippen LogP contribution in [0.1, 0.15) is 52.9 Å². The Bertz CT molecular complexity index is 235. The molecule has 0 saturated heterocycles. The van der Waals surface area contributed by atoms with E-state index in [-0.39, 0.29) is 11.5 Å². The Kier molecular flexibility index (Phi) is 4.63.